The van der Waals surface area contributed by atoms with Gasteiger partial charge in [-0.2, -0.15) is 0 Å². The van der Waals surface area contributed by atoms with Crippen molar-refractivity contribution in [1.29, 1.82) is 0 Å². The van der Waals surface area contributed by atoms with Crippen molar-refractivity contribution in [3.63, 3.8) is 0 Å². The lowest BCUT2D eigenvalue weighted by Gasteiger charge is -2.14. The number of rotatable bonds is 3. The molecule has 1 amide bonds. The first kappa shape index (κ1) is 11.5. The van der Waals surface area contributed by atoms with Crippen LogP contribution in [0.5, 0.6) is 5.75 Å². The molecule has 0 aliphatic rings. The van der Waals surface area contributed by atoms with Gasteiger partial charge in [-0.05, 0) is 32.4 Å². The minimum atomic E-state index is -0.587. The molecule has 0 aliphatic heterocycles. The highest BCUT2D eigenvalue weighted by Crippen LogP contribution is 2.19. The second-order valence-corrected chi connectivity index (χ2v) is 3.54. The van der Waals surface area contributed by atoms with Crippen LogP contribution in [-0.2, 0) is 4.79 Å². The van der Waals surface area contributed by atoms with E-state index in [1.165, 1.54) is 0 Å². The third-order valence-electron chi connectivity index (χ3n) is 2.15. The summed E-state index contributed by atoms with van der Waals surface area (Å²) >= 11 is 0. The van der Waals surface area contributed by atoms with Crippen molar-refractivity contribution in [2.24, 2.45) is 5.84 Å². The lowest BCUT2D eigenvalue weighted by molar-refractivity contribution is -0.127. The van der Waals surface area contributed by atoms with Gasteiger partial charge in [0.15, 0.2) is 6.10 Å². The van der Waals surface area contributed by atoms with Crippen molar-refractivity contribution in [2.45, 2.75) is 26.9 Å². The number of carbonyl (C=O) groups excluding carboxylic acids is 1. The van der Waals surface area contributed by atoms with Crippen LogP contribution in [-0.4, -0.2) is 12.0 Å². The number of ether oxygens (including phenoxy) is 1. The van der Waals surface area contributed by atoms with Crippen LogP contribution in [0.1, 0.15) is 18.1 Å². The van der Waals surface area contributed by atoms with Crippen LogP contribution in [0, 0.1) is 13.8 Å². The summed E-state index contributed by atoms with van der Waals surface area (Å²) in [6.07, 6.45) is -0.587. The molecule has 1 aromatic carbocycles. The van der Waals surface area contributed by atoms with Crippen molar-refractivity contribution in [3.05, 3.63) is 29.3 Å². The van der Waals surface area contributed by atoms with Crippen LogP contribution in [0.15, 0.2) is 18.2 Å². The molecule has 4 nitrogen and oxygen atoms in total. The topological polar surface area (TPSA) is 64.3 Å². The van der Waals surface area contributed by atoms with Crippen LogP contribution in [0.3, 0.4) is 0 Å². The highest BCUT2D eigenvalue weighted by molar-refractivity contribution is 5.80. The summed E-state index contributed by atoms with van der Waals surface area (Å²) in [7, 11) is 0. The van der Waals surface area contributed by atoms with Crippen LogP contribution >= 0.6 is 0 Å². The van der Waals surface area contributed by atoms with E-state index in [2.05, 4.69) is 5.43 Å². The summed E-state index contributed by atoms with van der Waals surface area (Å²) in [5.41, 5.74) is 4.22. The summed E-state index contributed by atoms with van der Waals surface area (Å²) in [6, 6.07) is 5.79. The van der Waals surface area contributed by atoms with Gasteiger partial charge in [0.05, 0.1) is 0 Å². The maximum absolute atomic E-state index is 11.1. The predicted octanol–water partition coefficient (Wildman–Crippen LogP) is 1.06. The zero-order valence-corrected chi connectivity index (χ0v) is 9.20. The number of nitrogens with one attached hydrogen (secondary N) is 1. The maximum atomic E-state index is 11.1. The first-order valence-electron chi connectivity index (χ1n) is 4.79. The van der Waals surface area contributed by atoms with E-state index in [0.29, 0.717) is 5.75 Å². The zero-order valence-electron chi connectivity index (χ0n) is 9.20. The van der Waals surface area contributed by atoms with E-state index in [-0.39, 0.29) is 5.91 Å². The van der Waals surface area contributed by atoms with E-state index < -0.39 is 6.10 Å². The first-order chi connectivity index (χ1) is 7.04. The quantitative estimate of drug-likeness (QED) is 0.443. The van der Waals surface area contributed by atoms with Gasteiger partial charge in [0.1, 0.15) is 5.75 Å². The van der Waals surface area contributed by atoms with Crippen LogP contribution in [0.4, 0.5) is 0 Å². The van der Waals surface area contributed by atoms with Gasteiger partial charge in [-0.3, -0.25) is 10.2 Å². The van der Waals surface area contributed by atoms with Gasteiger partial charge in [-0.1, -0.05) is 17.7 Å². The van der Waals surface area contributed by atoms with E-state index >= 15 is 0 Å². The van der Waals surface area contributed by atoms with Crippen molar-refractivity contribution in [1.82, 2.24) is 5.43 Å². The standard InChI is InChI=1S/C11H16N2O2/c1-7-4-5-10(8(2)6-7)15-9(3)11(14)13-12/h4-6,9H,12H2,1-3H3,(H,13,14). The Kier molecular flexibility index (Phi) is 3.68. The molecule has 82 valence electrons. The second kappa shape index (κ2) is 4.79. The third-order valence-corrected chi connectivity index (χ3v) is 2.15. The lowest BCUT2D eigenvalue weighted by Crippen LogP contribution is -2.40. The van der Waals surface area contributed by atoms with E-state index in [1.54, 1.807) is 6.92 Å². The number of nitrogens with two attached hydrogens (primary N) is 1. The fourth-order valence-electron chi connectivity index (χ4n) is 1.29. The van der Waals surface area contributed by atoms with Gasteiger partial charge < -0.3 is 4.74 Å². The molecular weight excluding hydrogens is 192 g/mol. The van der Waals surface area contributed by atoms with Crippen molar-refractivity contribution in [2.75, 3.05) is 0 Å². The third kappa shape index (κ3) is 2.95. The van der Waals surface area contributed by atoms with Gasteiger partial charge in [0.25, 0.3) is 5.91 Å². The van der Waals surface area contributed by atoms with E-state index in [4.69, 9.17) is 10.6 Å². The largest absolute Gasteiger partial charge is 0.481 e. The fourth-order valence-corrected chi connectivity index (χ4v) is 1.29. The monoisotopic (exact) mass is 208 g/mol. The smallest absolute Gasteiger partial charge is 0.274 e. The molecule has 0 radical (unpaired) electrons. The van der Waals surface area contributed by atoms with Crippen LogP contribution in [0.25, 0.3) is 0 Å². The number of hydrazine groups is 1. The molecule has 0 heterocycles. The summed E-state index contributed by atoms with van der Waals surface area (Å²) in [5.74, 6) is 5.38. The molecule has 1 rings (SSSR count). The Bertz CT molecular complexity index is 364. The van der Waals surface area contributed by atoms with Crippen LogP contribution < -0.4 is 16.0 Å². The number of hydrogen-bond acceptors (Lipinski definition) is 3. The van der Waals surface area contributed by atoms with Gasteiger partial charge in [-0.25, -0.2) is 5.84 Å². The molecule has 4 heteroatoms. The van der Waals surface area contributed by atoms with E-state index in [0.717, 1.165) is 11.1 Å². The van der Waals surface area contributed by atoms with Gasteiger partial charge in [0.2, 0.25) is 0 Å². The Hall–Kier alpha value is -1.55. The number of amides is 1. The van der Waals surface area contributed by atoms with Crippen molar-refractivity contribution >= 4 is 5.91 Å². The number of aryl methyl sites for hydroxylation is 2. The molecule has 0 aromatic heterocycles. The molecule has 0 saturated heterocycles. The molecule has 15 heavy (non-hydrogen) atoms. The van der Waals surface area contributed by atoms with Crippen LogP contribution in [0.2, 0.25) is 0 Å². The van der Waals surface area contributed by atoms with Crippen molar-refractivity contribution < 1.29 is 9.53 Å². The molecule has 0 spiro atoms. The highest BCUT2D eigenvalue weighted by atomic mass is 16.5. The molecule has 1 aromatic rings. The molecule has 1 unspecified atom stereocenters. The van der Waals surface area contributed by atoms with Gasteiger partial charge in [0, 0.05) is 0 Å². The molecular formula is C11H16N2O2. The summed E-state index contributed by atoms with van der Waals surface area (Å²) < 4.78 is 5.46. The fraction of sp³-hybridized carbons (Fsp3) is 0.364. The Morgan fingerprint density at radius 1 is 1.47 bits per heavy atom. The molecule has 3 N–H and O–H groups in total. The molecule has 0 saturated carbocycles. The number of hydrogen-bond donors (Lipinski definition) is 2. The van der Waals surface area contributed by atoms with Gasteiger partial charge >= 0.3 is 0 Å². The minimum absolute atomic E-state index is 0.338. The van der Waals surface area contributed by atoms with E-state index in [9.17, 15) is 4.79 Å². The molecule has 0 bridgehead atoms. The molecule has 1 atom stereocenters. The lowest BCUT2D eigenvalue weighted by atomic mass is 10.1. The SMILES string of the molecule is Cc1ccc(OC(C)C(=O)NN)c(C)c1. The minimum Gasteiger partial charge on any atom is -0.481 e. The molecule has 0 aliphatic carbocycles. The maximum Gasteiger partial charge on any atom is 0.274 e. The summed E-state index contributed by atoms with van der Waals surface area (Å²) in [6.45, 7) is 5.60. The number of carbonyl (C=O) groups is 1. The highest BCUT2D eigenvalue weighted by Gasteiger charge is 2.13. The predicted molar refractivity (Wildman–Crippen MR) is 58.3 cm³/mol. The number of benzene rings is 1. The summed E-state index contributed by atoms with van der Waals surface area (Å²) in [4.78, 5) is 11.1. The normalized spacial score (nSPS) is 12.0. The Labute approximate surface area is 89.4 Å². The molecule has 0 fully saturated rings. The summed E-state index contributed by atoms with van der Waals surface area (Å²) in [5, 5.41) is 0. The second-order valence-electron chi connectivity index (χ2n) is 3.54. The zero-order chi connectivity index (χ0) is 11.4. The Balaban J connectivity index is 2.76. The van der Waals surface area contributed by atoms with Gasteiger partial charge in [-0.15, -0.1) is 0 Å². The Morgan fingerprint density at radius 2 is 2.13 bits per heavy atom. The Morgan fingerprint density at radius 3 is 2.67 bits per heavy atom. The average Bonchev–Trinajstić information content (AvgIpc) is 2.20. The average molecular weight is 208 g/mol. The van der Waals surface area contributed by atoms with Crippen molar-refractivity contribution in [3.8, 4) is 5.75 Å². The van der Waals surface area contributed by atoms with E-state index in [1.807, 2.05) is 32.0 Å². The first-order valence-corrected chi connectivity index (χ1v) is 4.79.